The van der Waals surface area contributed by atoms with Crippen molar-refractivity contribution in [2.24, 2.45) is 0 Å². The molecule has 0 aliphatic carbocycles. The number of hydrogen-bond donors (Lipinski definition) is 0. The lowest BCUT2D eigenvalue weighted by Gasteiger charge is -2.13. The van der Waals surface area contributed by atoms with Crippen LogP contribution in [0.3, 0.4) is 0 Å². The second-order valence-corrected chi connectivity index (χ2v) is 27.0. The van der Waals surface area contributed by atoms with Gasteiger partial charge in [0.1, 0.15) is 0 Å². The molecule has 0 heterocycles. The standard InChI is InChI=1S/2C26H26O6S.C23H26O3S2/c2*1-19-12-14-24(15-13-19)33(29,30)32-17-7-16-31-26(28)20(2)22-10-6-11-23(18-22)25(27)21-8-4-3-5-9-21;1-3-9-21(27)28-15-8-14-26-23(25)17(2)19-12-7-13-20(16-19)22(24)18-10-5-4-6-11-18/h2*3-6,8-15,18,20H,7,16-17H2,1-2H3;4-7,10-13,16-17H,3,8-9,14-15H2,1-2H3. The van der Waals surface area contributed by atoms with Crippen LogP contribution in [0.25, 0.3) is 0 Å². The molecule has 0 radical (unpaired) electrons. The monoisotopic (exact) mass is 1350 g/mol. The van der Waals surface area contributed by atoms with Crippen molar-refractivity contribution in [3.05, 3.63) is 274 Å². The van der Waals surface area contributed by atoms with Crippen molar-refractivity contribution < 1.29 is 68.2 Å². The van der Waals surface area contributed by atoms with E-state index in [1.165, 1.54) is 24.3 Å². The number of carbonyl (C=O) groups is 6. The molecule has 0 aliphatic rings. The number of esters is 3. The highest BCUT2D eigenvalue weighted by Gasteiger charge is 2.23. The Morgan fingerprint density at radius 3 is 1.00 bits per heavy atom. The minimum absolute atomic E-state index is 0.0230. The van der Waals surface area contributed by atoms with Crippen molar-refractivity contribution in [1.29, 1.82) is 0 Å². The van der Waals surface area contributed by atoms with Crippen LogP contribution in [-0.2, 0) is 57.2 Å². The molecule has 3 atom stereocenters. The van der Waals surface area contributed by atoms with Gasteiger partial charge in [0.15, 0.2) is 17.3 Å². The molecule has 3 unspecified atom stereocenters. The molecule has 15 nitrogen and oxygen atoms in total. The van der Waals surface area contributed by atoms with E-state index in [0.29, 0.717) is 51.1 Å². The van der Waals surface area contributed by atoms with E-state index in [1.54, 1.807) is 184 Å². The molecule has 0 aromatic heterocycles. The Hall–Kier alpha value is -8.56. The van der Waals surface area contributed by atoms with Gasteiger partial charge in [0, 0.05) is 56.2 Å². The van der Waals surface area contributed by atoms with Crippen LogP contribution in [0.5, 0.6) is 0 Å². The van der Waals surface area contributed by atoms with E-state index in [0.717, 1.165) is 45.9 Å². The number of thiocarbonyl (C=S) groups is 1. The normalized spacial score (nSPS) is 12.0. The molecule has 492 valence electrons. The quantitative estimate of drug-likeness (QED) is 0.0102. The van der Waals surface area contributed by atoms with Crippen LogP contribution in [0.1, 0.15) is 153 Å². The molecule has 0 saturated carbocycles. The number of carbonyl (C=O) groups excluding carboxylic acids is 6. The third kappa shape index (κ3) is 23.8. The Balaban J connectivity index is 0.000000224. The minimum Gasteiger partial charge on any atom is -0.465 e. The second-order valence-electron chi connectivity index (χ2n) is 21.8. The maximum Gasteiger partial charge on any atom is 0.313 e. The van der Waals surface area contributed by atoms with Gasteiger partial charge in [0.05, 0.1) is 60.6 Å². The van der Waals surface area contributed by atoms with Crippen LogP contribution < -0.4 is 0 Å². The Morgan fingerprint density at radius 2 is 0.691 bits per heavy atom. The number of rotatable bonds is 30. The molecular weight excluding hydrogens is 1270 g/mol. The number of benzene rings is 8. The van der Waals surface area contributed by atoms with Gasteiger partial charge in [-0.3, -0.25) is 37.1 Å². The Labute approximate surface area is 561 Å². The van der Waals surface area contributed by atoms with Crippen LogP contribution >= 0.6 is 24.0 Å². The summed E-state index contributed by atoms with van der Waals surface area (Å²) in [6.07, 6.45) is 3.25. The molecule has 0 bridgehead atoms. The fraction of sp³-hybridized carbons (Fsp3) is 0.267. The summed E-state index contributed by atoms with van der Waals surface area (Å²) < 4.78 is 75.7. The molecule has 0 saturated heterocycles. The highest BCUT2D eigenvalue weighted by molar-refractivity contribution is 8.23. The molecule has 0 N–H and O–H groups in total. The smallest absolute Gasteiger partial charge is 0.313 e. The zero-order chi connectivity index (χ0) is 68.0. The predicted molar refractivity (Wildman–Crippen MR) is 370 cm³/mol. The molecule has 8 aromatic rings. The highest BCUT2D eigenvalue weighted by Crippen LogP contribution is 2.25. The lowest BCUT2D eigenvalue weighted by atomic mass is 9.96. The third-order valence-corrected chi connectivity index (χ3v) is 18.8. The van der Waals surface area contributed by atoms with E-state index < -0.39 is 49.9 Å². The summed E-state index contributed by atoms with van der Waals surface area (Å²) in [5.41, 5.74) is 7.36. The van der Waals surface area contributed by atoms with Gasteiger partial charge in [-0.2, -0.15) is 16.8 Å². The Kier molecular flexibility index (Phi) is 30.1. The van der Waals surface area contributed by atoms with Gasteiger partial charge >= 0.3 is 17.9 Å². The van der Waals surface area contributed by atoms with Crippen molar-refractivity contribution in [1.82, 2.24) is 0 Å². The number of ketones is 3. The average Bonchev–Trinajstić information content (AvgIpc) is 0.964. The zero-order valence-corrected chi connectivity index (χ0v) is 56.7. The minimum atomic E-state index is -3.85. The first-order chi connectivity index (χ1) is 45.1. The fourth-order valence-corrected chi connectivity index (χ4v) is 12.1. The second kappa shape index (κ2) is 38.0. The number of ether oxygens (including phenoxy) is 3. The molecule has 0 aliphatic heterocycles. The van der Waals surface area contributed by atoms with Crippen molar-refractivity contribution >= 4 is 83.7 Å². The Morgan fingerprint density at radius 1 is 0.394 bits per heavy atom. The largest absolute Gasteiger partial charge is 0.465 e. The topological polar surface area (TPSA) is 217 Å². The van der Waals surface area contributed by atoms with Crippen LogP contribution in [0.15, 0.2) is 222 Å². The summed E-state index contributed by atoms with van der Waals surface area (Å²) in [4.78, 5) is 75.3. The summed E-state index contributed by atoms with van der Waals surface area (Å²) in [6, 6.07) is 60.7. The molecule has 8 aromatic carbocycles. The van der Waals surface area contributed by atoms with Crippen LogP contribution in [-0.4, -0.2) is 95.1 Å². The van der Waals surface area contributed by atoms with Gasteiger partial charge in [0.2, 0.25) is 0 Å². The van der Waals surface area contributed by atoms with Crippen LogP contribution in [0, 0.1) is 13.8 Å². The molecule has 0 fully saturated rings. The summed E-state index contributed by atoms with van der Waals surface area (Å²) in [5, 5.41) is 0. The maximum absolute atomic E-state index is 12.7. The average molecular weight is 1350 g/mol. The Bertz CT molecular complexity index is 3840. The molecule has 8 rings (SSSR count). The van der Waals surface area contributed by atoms with E-state index in [2.05, 4.69) is 6.92 Å². The first-order valence-electron chi connectivity index (χ1n) is 30.7. The SMILES string of the molecule is CCCC(=S)SCCCOC(=O)C(C)c1cccc(C(=O)c2ccccc2)c1.Cc1ccc(S(=O)(=O)OCCCOC(=O)C(C)c2cccc(C(=O)c3ccccc3)c2)cc1.Cc1ccc(S(=O)(=O)OCCCOC(=O)C(C)c2cccc(C(=O)c3ccccc3)c2)cc1. The van der Waals surface area contributed by atoms with Gasteiger partial charge in [-0.25, -0.2) is 0 Å². The first-order valence-corrected chi connectivity index (χ1v) is 35.0. The van der Waals surface area contributed by atoms with Gasteiger partial charge in [-0.05, 0) is 107 Å². The van der Waals surface area contributed by atoms with Gasteiger partial charge in [0.25, 0.3) is 20.2 Å². The lowest BCUT2D eigenvalue weighted by molar-refractivity contribution is -0.146. The highest BCUT2D eigenvalue weighted by atomic mass is 32.2. The van der Waals surface area contributed by atoms with E-state index in [1.807, 2.05) is 50.2 Å². The lowest BCUT2D eigenvalue weighted by Crippen LogP contribution is -2.16. The van der Waals surface area contributed by atoms with Gasteiger partial charge in [-0.1, -0.05) is 207 Å². The number of aryl methyl sites for hydroxylation is 2. The summed E-state index contributed by atoms with van der Waals surface area (Å²) in [5.74, 6) is -2.19. The van der Waals surface area contributed by atoms with E-state index in [9.17, 15) is 45.6 Å². The van der Waals surface area contributed by atoms with Crippen molar-refractivity contribution in [2.45, 2.75) is 101 Å². The summed E-state index contributed by atoms with van der Waals surface area (Å²) >= 11 is 6.92. The predicted octanol–water partition coefficient (Wildman–Crippen LogP) is 15.2. The molecule has 0 spiro atoms. The van der Waals surface area contributed by atoms with Crippen molar-refractivity contribution in [3.8, 4) is 0 Å². The number of thioether (sulfide) groups is 1. The van der Waals surface area contributed by atoms with Gasteiger partial charge < -0.3 is 14.2 Å². The number of hydrogen-bond acceptors (Lipinski definition) is 17. The van der Waals surface area contributed by atoms with Gasteiger partial charge in [-0.15, -0.1) is 11.8 Å². The zero-order valence-electron chi connectivity index (χ0n) is 53.5. The van der Waals surface area contributed by atoms with Crippen LogP contribution in [0.2, 0.25) is 0 Å². The third-order valence-electron chi connectivity index (χ3n) is 14.5. The van der Waals surface area contributed by atoms with E-state index >= 15 is 0 Å². The summed E-state index contributed by atoms with van der Waals surface area (Å²) in [7, 11) is -7.69. The summed E-state index contributed by atoms with van der Waals surface area (Å²) in [6.45, 7) is 11.3. The first kappa shape index (κ1) is 74.5. The van der Waals surface area contributed by atoms with Crippen molar-refractivity contribution in [2.75, 3.05) is 38.8 Å². The maximum atomic E-state index is 12.7. The molecule has 94 heavy (non-hydrogen) atoms. The molecule has 19 heteroatoms. The molecular formula is C75H78O15S4. The van der Waals surface area contributed by atoms with E-state index in [4.69, 9.17) is 34.8 Å². The van der Waals surface area contributed by atoms with E-state index in [-0.39, 0.29) is 72.4 Å². The van der Waals surface area contributed by atoms with Crippen molar-refractivity contribution in [3.63, 3.8) is 0 Å². The fourth-order valence-electron chi connectivity index (χ4n) is 8.94. The molecule has 0 amide bonds. The van der Waals surface area contributed by atoms with Crippen LogP contribution in [0.4, 0.5) is 0 Å².